The highest BCUT2D eigenvalue weighted by Gasteiger charge is 2.41. The van der Waals surface area contributed by atoms with Crippen LogP contribution in [-0.2, 0) is 4.79 Å². The Kier molecular flexibility index (Phi) is 3.60. The average molecular weight is 247 g/mol. The van der Waals surface area contributed by atoms with Gasteiger partial charge in [-0.2, -0.15) is 0 Å². The van der Waals surface area contributed by atoms with Gasteiger partial charge in [-0.25, -0.2) is 4.79 Å². The van der Waals surface area contributed by atoms with E-state index >= 15 is 0 Å². The molecule has 0 radical (unpaired) electrons. The van der Waals surface area contributed by atoms with Crippen LogP contribution in [0, 0.1) is 0 Å². The zero-order valence-corrected chi connectivity index (χ0v) is 11.1. The van der Waals surface area contributed by atoms with Crippen molar-refractivity contribution in [2.24, 2.45) is 0 Å². The van der Waals surface area contributed by atoms with Crippen molar-refractivity contribution in [3.8, 4) is 0 Å². The molecule has 0 saturated heterocycles. The van der Waals surface area contributed by atoms with Crippen LogP contribution in [0.2, 0.25) is 0 Å². The maximum absolute atomic E-state index is 11.5. The third-order valence-corrected chi connectivity index (χ3v) is 3.82. The van der Waals surface area contributed by atoms with Gasteiger partial charge in [-0.15, -0.1) is 0 Å². The van der Waals surface area contributed by atoms with E-state index in [1.807, 2.05) is 18.2 Å². The van der Waals surface area contributed by atoms with Gasteiger partial charge in [-0.1, -0.05) is 44.9 Å². The van der Waals surface area contributed by atoms with Crippen LogP contribution < -0.4 is 5.32 Å². The van der Waals surface area contributed by atoms with E-state index in [2.05, 4.69) is 25.2 Å². The third kappa shape index (κ3) is 2.35. The lowest BCUT2D eigenvalue weighted by Gasteiger charge is -2.28. The minimum absolute atomic E-state index is 0.390. The van der Waals surface area contributed by atoms with Crippen LogP contribution in [0.3, 0.4) is 0 Å². The number of carboxylic acid groups (broad SMARTS) is 1. The molecule has 18 heavy (non-hydrogen) atoms. The summed E-state index contributed by atoms with van der Waals surface area (Å²) in [5, 5.41) is 12.8. The monoisotopic (exact) mass is 247 g/mol. The molecule has 2 N–H and O–H groups in total. The maximum atomic E-state index is 11.5. The molecule has 0 atom stereocenters. The van der Waals surface area contributed by atoms with Crippen molar-refractivity contribution in [3.05, 3.63) is 29.8 Å². The van der Waals surface area contributed by atoms with Crippen molar-refractivity contribution in [1.29, 1.82) is 0 Å². The third-order valence-electron chi connectivity index (χ3n) is 3.82. The van der Waals surface area contributed by atoms with E-state index in [0.717, 1.165) is 31.4 Å². The van der Waals surface area contributed by atoms with Gasteiger partial charge in [0.1, 0.15) is 5.54 Å². The van der Waals surface area contributed by atoms with Gasteiger partial charge in [0, 0.05) is 5.69 Å². The molecule has 1 saturated carbocycles. The summed E-state index contributed by atoms with van der Waals surface area (Å²) in [6, 6.07) is 8.01. The lowest BCUT2D eigenvalue weighted by molar-refractivity contribution is -0.142. The van der Waals surface area contributed by atoms with Crippen LogP contribution in [0.25, 0.3) is 0 Å². The van der Waals surface area contributed by atoms with Crippen molar-refractivity contribution in [2.75, 3.05) is 5.32 Å². The zero-order chi connectivity index (χ0) is 13.2. The second-order valence-electron chi connectivity index (χ2n) is 5.46. The average Bonchev–Trinajstić information content (AvgIpc) is 2.79. The van der Waals surface area contributed by atoms with E-state index in [1.165, 1.54) is 5.56 Å². The van der Waals surface area contributed by atoms with E-state index < -0.39 is 11.5 Å². The molecule has 0 heterocycles. The molecular weight excluding hydrogens is 226 g/mol. The van der Waals surface area contributed by atoms with Crippen LogP contribution in [0.4, 0.5) is 5.69 Å². The Balaban J connectivity index is 2.30. The number of carboxylic acids is 1. The van der Waals surface area contributed by atoms with E-state index in [0.29, 0.717) is 5.92 Å². The van der Waals surface area contributed by atoms with E-state index in [-0.39, 0.29) is 0 Å². The van der Waals surface area contributed by atoms with Gasteiger partial charge in [-0.05, 0) is 30.4 Å². The molecule has 3 nitrogen and oxygen atoms in total. The molecule has 0 aromatic heterocycles. The molecule has 1 aliphatic rings. The fourth-order valence-electron chi connectivity index (χ4n) is 2.74. The zero-order valence-electron chi connectivity index (χ0n) is 11.1. The molecule has 3 heteroatoms. The molecule has 1 aromatic rings. The number of nitrogens with one attached hydrogen (secondary N) is 1. The van der Waals surface area contributed by atoms with Crippen LogP contribution in [0.5, 0.6) is 0 Å². The van der Waals surface area contributed by atoms with Crippen LogP contribution in [0.1, 0.15) is 51.0 Å². The lowest BCUT2D eigenvalue weighted by Crippen LogP contribution is -2.43. The minimum Gasteiger partial charge on any atom is -0.480 e. The quantitative estimate of drug-likeness (QED) is 0.854. The molecule has 1 fully saturated rings. The molecule has 1 aliphatic carbocycles. The number of hydrogen-bond acceptors (Lipinski definition) is 2. The Morgan fingerprint density at radius 1 is 1.28 bits per heavy atom. The van der Waals surface area contributed by atoms with Crippen LogP contribution in [0.15, 0.2) is 24.3 Å². The van der Waals surface area contributed by atoms with Crippen molar-refractivity contribution in [2.45, 2.75) is 51.0 Å². The minimum atomic E-state index is -0.759. The summed E-state index contributed by atoms with van der Waals surface area (Å²) in [5.74, 6) is -0.334. The Morgan fingerprint density at radius 2 is 1.89 bits per heavy atom. The van der Waals surface area contributed by atoms with Gasteiger partial charge in [0.2, 0.25) is 0 Å². The maximum Gasteiger partial charge on any atom is 0.329 e. The number of rotatable bonds is 4. The summed E-state index contributed by atoms with van der Waals surface area (Å²) in [5.41, 5.74) is 1.40. The molecular formula is C15H21NO2. The van der Waals surface area contributed by atoms with E-state index in [9.17, 15) is 9.90 Å². The van der Waals surface area contributed by atoms with Gasteiger partial charge in [-0.3, -0.25) is 0 Å². The first-order valence-corrected chi connectivity index (χ1v) is 6.66. The summed E-state index contributed by atoms with van der Waals surface area (Å²) in [6.45, 7) is 4.26. The highest BCUT2D eigenvalue weighted by molar-refractivity contribution is 5.83. The van der Waals surface area contributed by atoms with Crippen LogP contribution >= 0.6 is 0 Å². The first kappa shape index (κ1) is 12.9. The smallest absolute Gasteiger partial charge is 0.329 e. The number of para-hydroxylation sites is 1. The number of aliphatic carboxylic acids is 1. The molecule has 0 unspecified atom stereocenters. The number of carbonyl (C=O) groups is 1. The van der Waals surface area contributed by atoms with Gasteiger partial charge < -0.3 is 10.4 Å². The fraction of sp³-hybridized carbons (Fsp3) is 0.533. The van der Waals surface area contributed by atoms with Crippen molar-refractivity contribution in [1.82, 2.24) is 0 Å². The molecule has 1 aromatic carbocycles. The van der Waals surface area contributed by atoms with Gasteiger partial charge >= 0.3 is 5.97 Å². The Bertz CT molecular complexity index is 434. The molecule has 0 bridgehead atoms. The normalized spacial score (nSPS) is 17.9. The van der Waals surface area contributed by atoms with E-state index in [1.54, 1.807) is 0 Å². The Labute approximate surface area is 108 Å². The first-order valence-electron chi connectivity index (χ1n) is 6.66. The highest BCUT2D eigenvalue weighted by atomic mass is 16.4. The van der Waals surface area contributed by atoms with Gasteiger partial charge in [0.05, 0.1) is 0 Å². The fourth-order valence-corrected chi connectivity index (χ4v) is 2.74. The summed E-state index contributed by atoms with van der Waals surface area (Å²) >= 11 is 0. The number of anilines is 1. The molecule has 0 aliphatic heterocycles. The van der Waals surface area contributed by atoms with Gasteiger partial charge in [0.25, 0.3) is 0 Å². The summed E-state index contributed by atoms with van der Waals surface area (Å²) < 4.78 is 0. The summed E-state index contributed by atoms with van der Waals surface area (Å²) in [6.07, 6.45) is 3.41. The largest absolute Gasteiger partial charge is 0.480 e. The van der Waals surface area contributed by atoms with Crippen LogP contribution in [-0.4, -0.2) is 16.6 Å². The highest BCUT2D eigenvalue weighted by Crippen LogP contribution is 2.35. The lowest BCUT2D eigenvalue weighted by atomic mass is 9.94. The predicted octanol–water partition coefficient (Wildman–Crippen LogP) is 3.62. The predicted molar refractivity (Wildman–Crippen MR) is 73.0 cm³/mol. The first-order chi connectivity index (χ1) is 8.55. The van der Waals surface area contributed by atoms with Crippen molar-refractivity contribution in [3.63, 3.8) is 0 Å². The van der Waals surface area contributed by atoms with Crippen molar-refractivity contribution < 1.29 is 9.90 Å². The molecule has 2 rings (SSSR count). The molecule has 98 valence electrons. The standard InChI is InChI=1S/C15H21NO2/c1-11(2)12-7-3-4-8-13(12)16-15(14(17)18)9-5-6-10-15/h3-4,7-8,11,16H,5-6,9-10H2,1-2H3,(H,17,18). The topological polar surface area (TPSA) is 49.3 Å². The second-order valence-corrected chi connectivity index (χ2v) is 5.46. The molecule has 0 amide bonds. The van der Waals surface area contributed by atoms with Crippen molar-refractivity contribution >= 4 is 11.7 Å². The number of hydrogen-bond donors (Lipinski definition) is 2. The molecule has 0 spiro atoms. The Hall–Kier alpha value is -1.51. The SMILES string of the molecule is CC(C)c1ccccc1NC1(C(=O)O)CCCC1. The Morgan fingerprint density at radius 3 is 2.44 bits per heavy atom. The van der Waals surface area contributed by atoms with E-state index in [4.69, 9.17) is 0 Å². The summed E-state index contributed by atoms with van der Waals surface area (Å²) in [7, 11) is 0. The number of benzene rings is 1. The van der Waals surface area contributed by atoms with Gasteiger partial charge in [0.15, 0.2) is 0 Å². The second kappa shape index (κ2) is 5.01. The summed E-state index contributed by atoms with van der Waals surface area (Å²) in [4.78, 5) is 11.5.